The molecule has 0 aliphatic rings. The molecule has 0 radical (unpaired) electrons. The molecule has 0 heterocycles. The number of hydrogen-bond acceptors (Lipinski definition) is 8. The molecule has 0 amide bonds. The van der Waals surface area contributed by atoms with E-state index in [0.29, 0.717) is 18.8 Å². The number of rotatable bonds is 42. The fraction of sp³-hybridized carbons (Fsp3) is 0.857. The number of esters is 2. The second-order valence-electron chi connectivity index (χ2n) is 16.1. The first-order valence-electron chi connectivity index (χ1n) is 24.0. The van der Waals surface area contributed by atoms with E-state index in [1.807, 2.05) is 0 Å². The zero-order valence-electron chi connectivity index (χ0n) is 38.0. The summed E-state index contributed by atoms with van der Waals surface area (Å²) in [5, 5.41) is 0. The van der Waals surface area contributed by atoms with E-state index in [1.54, 1.807) is 0 Å². The molecule has 0 aromatic carbocycles. The van der Waals surface area contributed by atoms with Crippen LogP contribution in [0.1, 0.15) is 214 Å². The van der Waals surface area contributed by atoms with Gasteiger partial charge in [0, 0.05) is 19.4 Å². The minimum Gasteiger partial charge on any atom is -0.465 e. The van der Waals surface area contributed by atoms with Gasteiger partial charge in [0.15, 0.2) is 0 Å². The molecule has 0 spiro atoms. The first-order valence-corrected chi connectivity index (χ1v) is 24.0. The molecule has 0 N–H and O–H groups in total. The first kappa shape index (κ1) is 54.6. The topological polar surface area (TPSA) is 91.4 Å². The quantitative estimate of drug-likeness (QED) is 0.0261. The molecule has 0 aliphatic carbocycles. The van der Waals surface area contributed by atoms with E-state index in [2.05, 4.69) is 63.8 Å². The number of unbranched alkanes of at least 4 members (excludes halogenated alkanes) is 16. The molecule has 1 unspecified atom stereocenters. The Kier molecular flexibility index (Phi) is 41.5. The minimum atomic E-state index is -0.751. The van der Waals surface area contributed by atoms with Crippen molar-refractivity contribution in [1.29, 1.82) is 0 Å². The van der Waals surface area contributed by atoms with E-state index < -0.39 is 12.1 Å². The average Bonchev–Trinajstić information content (AvgIpc) is 3.21. The van der Waals surface area contributed by atoms with Crippen LogP contribution in [0.5, 0.6) is 0 Å². The summed E-state index contributed by atoms with van der Waals surface area (Å²) in [4.78, 5) is 40.1. The van der Waals surface area contributed by atoms with Gasteiger partial charge >= 0.3 is 18.1 Å². The summed E-state index contributed by atoms with van der Waals surface area (Å²) in [5.41, 5.74) is 0. The van der Waals surface area contributed by atoms with Crippen molar-refractivity contribution >= 4 is 18.1 Å². The Morgan fingerprint density at radius 2 is 0.912 bits per heavy atom. The summed E-state index contributed by atoms with van der Waals surface area (Å²) in [6, 6.07) is 0. The van der Waals surface area contributed by atoms with E-state index in [0.717, 1.165) is 83.8 Å². The van der Waals surface area contributed by atoms with Crippen LogP contribution in [0.3, 0.4) is 0 Å². The van der Waals surface area contributed by atoms with Crippen LogP contribution in [0, 0.1) is 11.8 Å². The predicted molar refractivity (Wildman–Crippen MR) is 239 cm³/mol. The lowest BCUT2D eigenvalue weighted by atomic mass is 9.90. The zero-order chi connectivity index (χ0) is 41.9. The number of hydrogen-bond donors (Lipinski definition) is 0. The highest BCUT2D eigenvalue weighted by atomic mass is 16.7. The van der Waals surface area contributed by atoms with Gasteiger partial charge in [0.25, 0.3) is 0 Å². The monoisotopic (exact) mass is 806 g/mol. The predicted octanol–water partition coefficient (Wildman–Crippen LogP) is 13.9. The molecular weight excluding hydrogens is 715 g/mol. The SMILES string of the molecule is CC/C=C\CCCC/C=C\CCCCCCCC(=O)OCC(COC(=O)CCCC(CCCCCCC)CCCCCCC)COC(=O)OCCCN(CC)CC. The number of carbonyl (C=O) groups is 3. The van der Waals surface area contributed by atoms with Crippen LogP contribution in [-0.2, 0) is 28.5 Å². The Labute approximate surface area is 352 Å². The summed E-state index contributed by atoms with van der Waals surface area (Å²) in [7, 11) is 0. The molecule has 334 valence electrons. The number of carbonyl (C=O) groups excluding carboxylic acids is 3. The van der Waals surface area contributed by atoms with Crippen molar-refractivity contribution in [3.8, 4) is 0 Å². The van der Waals surface area contributed by atoms with Crippen molar-refractivity contribution in [3.05, 3.63) is 24.3 Å². The molecule has 0 saturated heterocycles. The number of nitrogens with zero attached hydrogens (tertiary/aromatic N) is 1. The smallest absolute Gasteiger partial charge is 0.465 e. The molecule has 0 bridgehead atoms. The normalized spacial score (nSPS) is 12.3. The third kappa shape index (κ3) is 38.9. The Balaban J connectivity index is 4.70. The molecule has 8 nitrogen and oxygen atoms in total. The summed E-state index contributed by atoms with van der Waals surface area (Å²) in [6.07, 6.45) is 39.5. The van der Waals surface area contributed by atoms with Gasteiger partial charge in [0.05, 0.1) is 12.5 Å². The van der Waals surface area contributed by atoms with Crippen LogP contribution >= 0.6 is 0 Å². The second-order valence-corrected chi connectivity index (χ2v) is 16.1. The van der Waals surface area contributed by atoms with Crippen LogP contribution < -0.4 is 0 Å². The molecule has 57 heavy (non-hydrogen) atoms. The van der Waals surface area contributed by atoms with Crippen molar-refractivity contribution in [2.75, 3.05) is 46.1 Å². The Morgan fingerprint density at radius 1 is 0.456 bits per heavy atom. The lowest BCUT2D eigenvalue weighted by molar-refractivity contribution is -0.150. The van der Waals surface area contributed by atoms with Crippen molar-refractivity contribution in [1.82, 2.24) is 4.90 Å². The molecule has 0 rings (SSSR count). The third-order valence-electron chi connectivity index (χ3n) is 10.9. The average molecular weight is 806 g/mol. The fourth-order valence-corrected chi connectivity index (χ4v) is 7.07. The fourth-order valence-electron chi connectivity index (χ4n) is 7.07. The highest BCUT2D eigenvalue weighted by molar-refractivity contribution is 5.69. The van der Waals surface area contributed by atoms with Gasteiger partial charge in [-0.3, -0.25) is 9.59 Å². The molecule has 8 heteroatoms. The standard InChI is InChI=1S/C49H91NO7/c1-6-11-14-17-18-19-20-21-22-23-24-25-26-29-32-38-47(51)55-42-46(44-57-49(53)54-41-34-40-50(9-4)10-5)43-56-48(52)39-33-37-45(35-30-27-15-12-7-2)36-31-28-16-13-8-3/h11,14,21-22,45-46H,6-10,12-13,15-20,23-44H2,1-5H3/b14-11-,22-21-. The Bertz CT molecular complexity index is 949. The maximum atomic E-state index is 12.8. The van der Waals surface area contributed by atoms with Crippen LogP contribution in [0.25, 0.3) is 0 Å². The molecular formula is C49H91NO7. The van der Waals surface area contributed by atoms with Crippen molar-refractivity contribution < 1.29 is 33.3 Å². The van der Waals surface area contributed by atoms with Gasteiger partial charge in [-0.05, 0) is 89.6 Å². The molecule has 0 saturated carbocycles. The van der Waals surface area contributed by atoms with Gasteiger partial charge in [-0.1, -0.05) is 155 Å². The first-order chi connectivity index (χ1) is 27.9. The molecule has 1 atom stereocenters. The molecule has 0 aromatic heterocycles. The third-order valence-corrected chi connectivity index (χ3v) is 10.9. The van der Waals surface area contributed by atoms with Crippen LogP contribution in [0.2, 0.25) is 0 Å². The van der Waals surface area contributed by atoms with Crippen LogP contribution in [-0.4, -0.2) is 69.1 Å². The van der Waals surface area contributed by atoms with Gasteiger partial charge in [0.1, 0.15) is 19.8 Å². The lowest BCUT2D eigenvalue weighted by Crippen LogP contribution is -2.27. The van der Waals surface area contributed by atoms with Crippen molar-refractivity contribution in [2.24, 2.45) is 11.8 Å². The molecule has 0 fully saturated rings. The lowest BCUT2D eigenvalue weighted by Gasteiger charge is -2.19. The van der Waals surface area contributed by atoms with Gasteiger partial charge < -0.3 is 23.8 Å². The summed E-state index contributed by atoms with van der Waals surface area (Å²) >= 11 is 0. The summed E-state index contributed by atoms with van der Waals surface area (Å²) < 4.78 is 21.9. The van der Waals surface area contributed by atoms with Crippen LogP contribution in [0.4, 0.5) is 4.79 Å². The summed E-state index contributed by atoms with van der Waals surface area (Å²) in [6.45, 7) is 14.0. The second kappa shape index (κ2) is 43.2. The van der Waals surface area contributed by atoms with Gasteiger partial charge in [0.2, 0.25) is 0 Å². The largest absolute Gasteiger partial charge is 0.508 e. The highest BCUT2D eigenvalue weighted by Gasteiger charge is 2.19. The Hall–Kier alpha value is -2.35. The van der Waals surface area contributed by atoms with E-state index in [1.165, 1.54) is 103 Å². The van der Waals surface area contributed by atoms with Gasteiger partial charge in [-0.15, -0.1) is 0 Å². The van der Waals surface area contributed by atoms with Crippen LogP contribution in [0.15, 0.2) is 24.3 Å². The number of allylic oxidation sites excluding steroid dienone is 4. The van der Waals surface area contributed by atoms with E-state index in [9.17, 15) is 14.4 Å². The highest BCUT2D eigenvalue weighted by Crippen LogP contribution is 2.24. The maximum absolute atomic E-state index is 12.8. The van der Waals surface area contributed by atoms with E-state index >= 15 is 0 Å². The number of ether oxygens (including phenoxy) is 4. The molecule has 0 aliphatic heterocycles. The Morgan fingerprint density at radius 3 is 1.47 bits per heavy atom. The zero-order valence-corrected chi connectivity index (χ0v) is 38.0. The van der Waals surface area contributed by atoms with Crippen molar-refractivity contribution in [2.45, 2.75) is 214 Å². The van der Waals surface area contributed by atoms with E-state index in [4.69, 9.17) is 18.9 Å². The van der Waals surface area contributed by atoms with Crippen molar-refractivity contribution in [3.63, 3.8) is 0 Å². The van der Waals surface area contributed by atoms with E-state index in [-0.39, 0.29) is 38.4 Å². The van der Waals surface area contributed by atoms with Gasteiger partial charge in [-0.25, -0.2) is 4.79 Å². The van der Waals surface area contributed by atoms with Gasteiger partial charge in [-0.2, -0.15) is 0 Å². The maximum Gasteiger partial charge on any atom is 0.508 e. The minimum absolute atomic E-state index is 0.0290. The molecule has 0 aromatic rings. The summed E-state index contributed by atoms with van der Waals surface area (Å²) in [5.74, 6) is -0.305.